The Balaban J connectivity index is 0.000000244. The Kier molecular flexibility index (Phi) is 14.8. The SMILES string of the molecule is CC=Cc1cc(S(=O)(=O)c2ccc(OC(C)C)c([CH]=[Ru]([Cl])[Cl])c2)ccc1OC(C)C.Cc1cc(C)c(N2[CH-]N(c3c(C)cc(C)cc3C)CC2)c(C)c1. The molecule has 1 fully saturated rings. The van der Waals surface area contributed by atoms with E-state index in [4.69, 9.17) is 28.9 Å². The predicted octanol–water partition coefficient (Wildman–Crippen LogP) is 11.2. The normalized spacial score (nSPS) is 13.5. The topological polar surface area (TPSA) is 59.1 Å². The Hall–Kier alpha value is -3.16. The van der Waals surface area contributed by atoms with Crippen molar-refractivity contribution in [1.82, 2.24) is 0 Å². The summed E-state index contributed by atoms with van der Waals surface area (Å²) in [5, 5.41) is 0. The van der Waals surface area contributed by atoms with Gasteiger partial charge in [0.25, 0.3) is 0 Å². The number of aryl methyl sites for hydroxylation is 6. The van der Waals surface area contributed by atoms with E-state index in [1.165, 1.54) is 50.8 Å². The average molecular weight is 866 g/mol. The van der Waals surface area contributed by atoms with Gasteiger partial charge in [0, 0.05) is 24.5 Å². The quantitative estimate of drug-likeness (QED) is 0.117. The minimum absolute atomic E-state index is 0.0218. The minimum Gasteiger partial charge on any atom is -0.502 e. The smallest absolute Gasteiger partial charge is 0.502 e. The van der Waals surface area contributed by atoms with Gasteiger partial charge in [0.15, 0.2) is 0 Å². The second kappa shape index (κ2) is 18.5. The van der Waals surface area contributed by atoms with Gasteiger partial charge in [-0.15, -0.1) is 0 Å². The zero-order valence-corrected chi connectivity index (χ0v) is 36.8. The van der Waals surface area contributed by atoms with Gasteiger partial charge >= 0.3 is 193 Å². The fourth-order valence-electron chi connectivity index (χ4n) is 6.81. The molecule has 10 heteroatoms. The fraction of sp³-hybridized carbons (Fsp3) is 0.349. The van der Waals surface area contributed by atoms with Gasteiger partial charge in [0.05, 0.1) is 0 Å². The van der Waals surface area contributed by atoms with E-state index in [2.05, 4.69) is 82.3 Å². The molecule has 1 saturated heterocycles. The Bertz CT molecular complexity index is 2000. The average Bonchev–Trinajstić information content (AvgIpc) is 3.50. The number of anilines is 2. The van der Waals surface area contributed by atoms with E-state index in [0.29, 0.717) is 22.6 Å². The number of ether oxygens (including phenoxy) is 2. The van der Waals surface area contributed by atoms with Crippen LogP contribution in [0.3, 0.4) is 0 Å². The van der Waals surface area contributed by atoms with Gasteiger partial charge in [-0.2, -0.15) is 6.67 Å². The van der Waals surface area contributed by atoms with Crippen molar-refractivity contribution in [2.45, 2.75) is 98.2 Å². The Morgan fingerprint density at radius 1 is 0.679 bits per heavy atom. The van der Waals surface area contributed by atoms with Crippen LogP contribution in [0.25, 0.3) is 6.08 Å². The maximum absolute atomic E-state index is 13.3. The molecule has 4 aromatic rings. The number of hydrogen-bond acceptors (Lipinski definition) is 6. The first-order chi connectivity index (χ1) is 24.9. The third-order valence-corrected chi connectivity index (χ3v) is 12.1. The summed E-state index contributed by atoms with van der Waals surface area (Å²) in [6, 6.07) is 18.7. The number of hydrogen-bond donors (Lipinski definition) is 0. The van der Waals surface area contributed by atoms with Crippen LogP contribution in [0.15, 0.2) is 76.5 Å². The van der Waals surface area contributed by atoms with Gasteiger partial charge in [0.1, 0.15) is 0 Å². The van der Waals surface area contributed by atoms with E-state index >= 15 is 0 Å². The molecule has 0 saturated carbocycles. The van der Waals surface area contributed by atoms with Crippen LogP contribution in [0.5, 0.6) is 11.5 Å². The molecule has 0 atom stereocenters. The van der Waals surface area contributed by atoms with Crippen LogP contribution in [-0.4, -0.2) is 38.3 Å². The van der Waals surface area contributed by atoms with Crippen LogP contribution in [0.2, 0.25) is 0 Å². The number of halogens is 2. The Morgan fingerprint density at radius 3 is 1.45 bits per heavy atom. The summed E-state index contributed by atoms with van der Waals surface area (Å²) in [5.41, 5.74) is 12.1. The Labute approximate surface area is 331 Å². The van der Waals surface area contributed by atoms with E-state index < -0.39 is 23.4 Å². The molecule has 0 aliphatic carbocycles. The number of nitrogens with zero attached hydrogens (tertiary/aromatic N) is 2. The van der Waals surface area contributed by atoms with Gasteiger partial charge in [-0.3, -0.25) is 0 Å². The van der Waals surface area contributed by atoms with Gasteiger partial charge in [-0.1, -0.05) is 35.4 Å². The van der Waals surface area contributed by atoms with Crippen molar-refractivity contribution in [3.05, 3.63) is 118 Å². The van der Waals surface area contributed by atoms with Crippen LogP contribution >= 0.6 is 19.4 Å². The molecule has 0 amide bonds. The maximum atomic E-state index is 13.3. The van der Waals surface area contributed by atoms with Crippen LogP contribution in [-0.2, 0) is 23.4 Å². The van der Waals surface area contributed by atoms with Crippen LogP contribution < -0.4 is 19.3 Å². The fourth-order valence-corrected chi connectivity index (χ4v) is 9.92. The number of sulfone groups is 1. The van der Waals surface area contributed by atoms with E-state index in [1.807, 2.05) is 46.8 Å². The van der Waals surface area contributed by atoms with E-state index in [-0.39, 0.29) is 22.0 Å². The molecular weight excluding hydrogens is 813 g/mol. The second-order valence-corrected chi connectivity index (χ2v) is 21.7. The molecule has 0 aromatic heterocycles. The Morgan fingerprint density at radius 2 is 1.08 bits per heavy atom. The van der Waals surface area contributed by atoms with E-state index in [0.717, 1.165) is 13.1 Å². The van der Waals surface area contributed by atoms with Gasteiger partial charge in [-0.25, -0.2) is 0 Å². The molecule has 1 heterocycles. The van der Waals surface area contributed by atoms with Crippen molar-refractivity contribution in [3.63, 3.8) is 0 Å². The molecule has 53 heavy (non-hydrogen) atoms. The van der Waals surface area contributed by atoms with Gasteiger partial charge in [-0.05, 0) is 63.8 Å². The number of benzene rings is 4. The molecule has 0 spiro atoms. The van der Waals surface area contributed by atoms with Gasteiger partial charge in [0.2, 0.25) is 0 Å². The van der Waals surface area contributed by atoms with Crippen LogP contribution in [0, 0.1) is 48.2 Å². The third kappa shape index (κ3) is 11.0. The van der Waals surface area contributed by atoms with Crippen molar-refractivity contribution >= 4 is 51.3 Å². The molecule has 0 N–H and O–H groups in total. The zero-order valence-electron chi connectivity index (χ0n) is 32.7. The first-order valence-corrected chi connectivity index (χ1v) is 24.7. The monoisotopic (exact) mass is 865 g/mol. The molecule has 288 valence electrons. The summed E-state index contributed by atoms with van der Waals surface area (Å²) in [7, 11) is 8.33. The summed E-state index contributed by atoms with van der Waals surface area (Å²) in [5.74, 6) is 1.19. The van der Waals surface area contributed by atoms with E-state index in [9.17, 15) is 8.42 Å². The standard InChI is InChI=1S/C22H26O4S.C21H27N2.2ClH.Ru/c1-7-8-18-14-20(10-12-22(18)26-16(4)5)27(23,24)19-9-11-21(17(6)13-19)25-15(2)3;1-14-9-16(3)20(17(4)10-14)22-7-8-23(13-22)21-18(5)11-15(2)12-19(21)6;;;/h6-16H,1-5H3;9-13H,7-8H2,1-6H3;2*1H;/q;-1;;;+2/p-2. The molecule has 5 rings (SSSR count). The molecular formula is C43H53Cl2N2O4RuS-. The molecule has 4 aromatic carbocycles. The molecule has 0 unspecified atom stereocenters. The summed E-state index contributed by atoms with van der Waals surface area (Å²) >= 11 is -2.18. The first kappa shape index (κ1) is 42.6. The van der Waals surface area contributed by atoms with E-state index in [1.54, 1.807) is 34.9 Å². The van der Waals surface area contributed by atoms with Crippen LogP contribution in [0.4, 0.5) is 11.4 Å². The molecule has 1 aliphatic heterocycles. The summed E-state index contributed by atoms with van der Waals surface area (Å²) in [4.78, 5) is 5.14. The second-order valence-electron chi connectivity index (χ2n) is 14.0. The third-order valence-electron chi connectivity index (χ3n) is 8.55. The van der Waals surface area contributed by atoms with Crippen molar-refractivity contribution in [1.29, 1.82) is 0 Å². The molecule has 1 aliphatic rings. The zero-order chi connectivity index (χ0) is 39.2. The summed E-state index contributed by atoms with van der Waals surface area (Å²) in [6.45, 7) is 27.1. The number of allylic oxidation sites excluding steroid dienone is 1. The number of rotatable bonds is 10. The van der Waals surface area contributed by atoms with Crippen molar-refractivity contribution in [3.8, 4) is 11.5 Å². The molecule has 0 bridgehead atoms. The van der Waals surface area contributed by atoms with Crippen molar-refractivity contribution < 1.29 is 31.4 Å². The van der Waals surface area contributed by atoms with Crippen molar-refractivity contribution in [2.75, 3.05) is 22.9 Å². The first-order valence-electron chi connectivity index (χ1n) is 17.8. The summed E-state index contributed by atoms with van der Waals surface area (Å²) in [6.07, 6.45) is 3.58. The molecule has 0 radical (unpaired) electrons. The van der Waals surface area contributed by atoms with Gasteiger partial charge < -0.3 is 9.80 Å². The predicted molar refractivity (Wildman–Crippen MR) is 222 cm³/mol. The minimum atomic E-state index is -3.76. The van der Waals surface area contributed by atoms with Crippen LogP contribution in [0.1, 0.15) is 79.1 Å². The van der Waals surface area contributed by atoms with Crippen molar-refractivity contribution in [2.24, 2.45) is 0 Å². The summed E-state index contributed by atoms with van der Waals surface area (Å²) < 4.78 is 39.9. The molecule has 6 nitrogen and oxygen atoms in total.